The van der Waals surface area contributed by atoms with Gasteiger partial charge in [-0.3, -0.25) is 9.59 Å². The first-order valence-corrected chi connectivity index (χ1v) is 9.20. The van der Waals surface area contributed by atoms with Crippen LogP contribution in [0.1, 0.15) is 29.4 Å². The fourth-order valence-corrected chi connectivity index (χ4v) is 3.23. The van der Waals surface area contributed by atoms with Crippen molar-refractivity contribution in [3.05, 3.63) is 65.7 Å². The summed E-state index contributed by atoms with van der Waals surface area (Å²) in [7, 11) is 0. The minimum Gasteiger partial charge on any atom is -0.326 e. The van der Waals surface area contributed by atoms with Crippen molar-refractivity contribution >= 4 is 34.5 Å². The third-order valence-electron chi connectivity index (χ3n) is 3.63. The molecule has 0 aliphatic heterocycles. The Kier molecular flexibility index (Phi) is 5.76. The van der Waals surface area contributed by atoms with E-state index in [4.69, 9.17) is 0 Å². The van der Waals surface area contributed by atoms with E-state index in [0.29, 0.717) is 22.7 Å². The number of carbonyl (C=O) groups excluding carboxylic acids is 2. The molecule has 2 amide bonds. The fourth-order valence-electron chi connectivity index (χ4n) is 2.41. The molecule has 2 N–H and O–H groups in total. The van der Waals surface area contributed by atoms with Crippen LogP contribution in [0.15, 0.2) is 60.8 Å². The third kappa shape index (κ3) is 4.55. The molecule has 0 aliphatic carbocycles. The van der Waals surface area contributed by atoms with Crippen molar-refractivity contribution in [2.45, 2.75) is 19.8 Å². The van der Waals surface area contributed by atoms with Crippen LogP contribution in [0.2, 0.25) is 0 Å². The SMILES string of the molecule is CCCC(=O)Nc1cccc(NC(=O)c2cnc(-c3ccccc3)s2)c1. The summed E-state index contributed by atoms with van der Waals surface area (Å²) in [5.74, 6) is -0.257. The van der Waals surface area contributed by atoms with Crippen LogP contribution < -0.4 is 10.6 Å². The van der Waals surface area contributed by atoms with E-state index in [9.17, 15) is 9.59 Å². The van der Waals surface area contributed by atoms with Gasteiger partial charge < -0.3 is 10.6 Å². The molecule has 3 aromatic rings. The van der Waals surface area contributed by atoms with E-state index in [0.717, 1.165) is 17.0 Å². The maximum Gasteiger partial charge on any atom is 0.267 e. The summed E-state index contributed by atoms with van der Waals surface area (Å²) in [6.45, 7) is 1.95. The number of rotatable bonds is 6. The second-order valence-electron chi connectivity index (χ2n) is 5.73. The zero-order chi connectivity index (χ0) is 18.4. The van der Waals surface area contributed by atoms with Crippen molar-refractivity contribution in [1.82, 2.24) is 4.98 Å². The van der Waals surface area contributed by atoms with Gasteiger partial charge in [-0.2, -0.15) is 0 Å². The van der Waals surface area contributed by atoms with E-state index in [1.54, 1.807) is 30.5 Å². The van der Waals surface area contributed by atoms with Crippen molar-refractivity contribution in [1.29, 1.82) is 0 Å². The van der Waals surface area contributed by atoms with Crippen LogP contribution in [0.3, 0.4) is 0 Å². The van der Waals surface area contributed by atoms with Gasteiger partial charge in [-0.1, -0.05) is 43.3 Å². The summed E-state index contributed by atoms with van der Waals surface area (Å²) in [5, 5.41) is 6.47. The van der Waals surface area contributed by atoms with Gasteiger partial charge in [0.05, 0.1) is 6.20 Å². The van der Waals surface area contributed by atoms with Crippen LogP contribution in [-0.4, -0.2) is 16.8 Å². The molecule has 0 radical (unpaired) electrons. The van der Waals surface area contributed by atoms with Crippen LogP contribution in [0, 0.1) is 0 Å². The lowest BCUT2D eigenvalue weighted by Gasteiger charge is -2.08. The Morgan fingerprint density at radius 2 is 1.73 bits per heavy atom. The molecule has 0 saturated carbocycles. The number of carbonyl (C=O) groups is 2. The maximum absolute atomic E-state index is 12.5. The molecule has 0 unspecified atom stereocenters. The minimum atomic E-state index is -0.221. The molecule has 26 heavy (non-hydrogen) atoms. The van der Waals surface area contributed by atoms with Crippen molar-refractivity contribution in [2.24, 2.45) is 0 Å². The topological polar surface area (TPSA) is 71.1 Å². The summed E-state index contributed by atoms with van der Waals surface area (Å²) in [6, 6.07) is 16.9. The molecule has 0 spiro atoms. The average Bonchev–Trinajstić information content (AvgIpc) is 3.13. The van der Waals surface area contributed by atoms with Crippen molar-refractivity contribution in [3.63, 3.8) is 0 Å². The van der Waals surface area contributed by atoms with Gasteiger partial charge in [0.15, 0.2) is 0 Å². The van der Waals surface area contributed by atoms with E-state index >= 15 is 0 Å². The van der Waals surface area contributed by atoms with Gasteiger partial charge in [0, 0.05) is 23.4 Å². The first-order chi connectivity index (χ1) is 12.7. The van der Waals surface area contributed by atoms with Crippen LogP contribution >= 0.6 is 11.3 Å². The van der Waals surface area contributed by atoms with Crippen molar-refractivity contribution in [2.75, 3.05) is 10.6 Å². The number of nitrogens with zero attached hydrogens (tertiary/aromatic N) is 1. The highest BCUT2D eigenvalue weighted by molar-refractivity contribution is 7.17. The normalized spacial score (nSPS) is 10.3. The number of anilines is 2. The number of aromatic nitrogens is 1. The number of nitrogens with one attached hydrogen (secondary N) is 2. The lowest BCUT2D eigenvalue weighted by molar-refractivity contribution is -0.116. The van der Waals surface area contributed by atoms with E-state index in [-0.39, 0.29) is 11.8 Å². The predicted molar refractivity (Wildman–Crippen MR) is 105 cm³/mol. The molecule has 5 nitrogen and oxygen atoms in total. The molecule has 0 aliphatic rings. The highest BCUT2D eigenvalue weighted by Gasteiger charge is 2.12. The highest BCUT2D eigenvalue weighted by atomic mass is 32.1. The van der Waals surface area contributed by atoms with Crippen LogP contribution in [0.4, 0.5) is 11.4 Å². The predicted octanol–water partition coefficient (Wildman–Crippen LogP) is 4.80. The Hall–Kier alpha value is -2.99. The summed E-state index contributed by atoms with van der Waals surface area (Å²) in [4.78, 5) is 29.0. The molecule has 3 rings (SSSR count). The van der Waals surface area contributed by atoms with Crippen molar-refractivity contribution < 1.29 is 9.59 Å². The molecule has 0 fully saturated rings. The Bertz CT molecular complexity index is 906. The minimum absolute atomic E-state index is 0.0362. The number of thiazole rings is 1. The van der Waals surface area contributed by atoms with Crippen LogP contribution in [0.5, 0.6) is 0 Å². The summed E-state index contributed by atoms with van der Waals surface area (Å²) < 4.78 is 0. The Morgan fingerprint density at radius 3 is 2.46 bits per heavy atom. The monoisotopic (exact) mass is 365 g/mol. The van der Waals surface area contributed by atoms with E-state index in [1.807, 2.05) is 37.3 Å². The molecule has 132 valence electrons. The first kappa shape index (κ1) is 17.8. The van der Waals surface area contributed by atoms with Crippen LogP contribution in [-0.2, 0) is 4.79 Å². The standard InChI is InChI=1S/C20H19N3O2S/c1-2-7-18(24)22-15-10-6-11-16(12-15)23-19(25)17-13-21-20(26-17)14-8-4-3-5-9-14/h3-6,8-13H,2,7H2,1H3,(H,22,24)(H,23,25). The van der Waals surface area contributed by atoms with E-state index < -0.39 is 0 Å². The highest BCUT2D eigenvalue weighted by Crippen LogP contribution is 2.25. The average molecular weight is 365 g/mol. The number of amides is 2. The van der Waals surface area contributed by atoms with E-state index in [2.05, 4.69) is 15.6 Å². The second-order valence-corrected chi connectivity index (χ2v) is 6.76. The maximum atomic E-state index is 12.5. The molecule has 0 saturated heterocycles. The summed E-state index contributed by atoms with van der Waals surface area (Å²) in [5.41, 5.74) is 2.27. The zero-order valence-corrected chi connectivity index (χ0v) is 15.2. The van der Waals surface area contributed by atoms with Gasteiger partial charge in [0.25, 0.3) is 5.91 Å². The molecule has 0 bridgehead atoms. The summed E-state index contributed by atoms with van der Waals surface area (Å²) >= 11 is 1.34. The zero-order valence-electron chi connectivity index (χ0n) is 14.4. The van der Waals surface area contributed by atoms with Gasteiger partial charge in [-0.05, 0) is 24.6 Å². The van der Waals surface area contributed by atoms with Crippen molar-refractivity contribution in [3.8, 4) is 10.6 Å². The molecular formula is C20H19N3O2S. The largest absolute Gasteiger partial charge is 0.326 e. The molecular weight excluding hydrogens is 346 g/mol. The van der Waals surface area contributed by atoms with Gasteiger partial charge in [-0.15, -0.1) is 11.3 Å². The molecule has 6 heteroatoms. The molecule has 1 aromatic heterocycles. The number of hydrogen-bond acceptors (Lipinski definition) is 4. The molecule has 0 atom stereocenters. The lowest BCUT2D eigenvalue weighted by atomic mass is 10.2. The Labute approximate surface area is 156 Å². The van der Waals surface area contributed by atoms with Crippen LogP contribution in [0.25, 0.3) is 10.6 Å². The quantitative estimate of drug-likeness (QED) is 0.659. The molecule has 1 heterocycles. The van der Waals surface area contributed by atoms with Gasteiger partial charge in [0.2, 0.25) is 5.91 Å². The first-order valence-electron chi connectivity index (χ1n) is 8.38. The van der Waals surface area contributed by atoms with Gasteiger partial charge in [0.1, 0.15) is 9.88 Å². The molecule has 2 aromatic carbocycles. The van der Waals surface area contributed by atoms with E-state index in [1.165, 1.54) is 11.3 Å². The lowest BCUT2D eigenvalue weighted by Crippen LogP contribution is -2.12. The van der Waals surface area contributed by atoms with Gasteiger partial charge in [-0.25, -0.2) is 4.98 Å². The Balaban J connectivity index is 1.69. The smallest absolute Gasteiger partial charge is 0.267 e. The van der Waals surface area contributed by atoms with Gasteiger partial charge >= 0.3 is 0 Å². The summed E-state index contributed by atoms with van der Waals surface area (Å²) in [6.07, 6.45) is 2.84. The second kappa shape index (κ2) is 8.40. The number of hydrogen-bond donors (Lipinski definition) is 2. The fraction of sp³-hybridized carbons (Fsp3) is 0.150. The number of benzene rings is 2. The Morgan fingerprint density at radius 1 is 1.00 bits per heavy atom. The third-order valence-corrected chi connectivity index (χ3v) is 4.68.